The molecule has 0 unspecified atom stereocenters. The van der Waals surface area contributed by atoms with Gasteiger partial charge in [0.05, 0.1) is 13.0 Å². The molecule has 1 rings (SSSR count). The number of rotatable bonds is 15. The van der Waals surface area contributed by atoms with E-state index in [0.29, 0.717) is 6.54 Å². The van der Waals surface area contributed by atoms with E-state index in [2.05, 4.69) is 24.4 Å². The minimum absolute atomic E-state index is 0.185. The van der Waals surface area contributed by atoms with Crippen LogP contribution in [0.25, 0.3) is 0 Å². The summed E-state index contributed by atoms with van der Waals surface area (Å²) in [6.45, 7) is 4.44. The van der Waals surface area contributed by atoms with Crippen LogP contribution in [-0.4, -0.2) is 30.8 Å². The molecule has 0 bridgehead atoms. The number of aliphatic carboxylic acids is 1. The Kier molecular flexibility index (Phi) is 11.8. The van der Waals surface area contributed by atoms with E-state index < -0.39 is 5.97 Å². The molecular formula is C20H33NO3. The van der Waals surface area contributed by atoms with Crippen molar-refractivity contribution in [3.8, 4) is 5.75 Å². The van der Waals surface area contributed by atoms with Gasteiger partial charge in [0.15, 0.2) is 0 Å². The van der Waals surface area contributed by atoms with Gasteiger partial charge < -0.3 is 15.2 Å². The highest BCUT2D eigenvalue weighted by atomic mass is 16.5. The molecule has 0 aliphatic rings. The van der Waals surface area contributed by atoms with Gasteiger partial charge >= 0.3 is 5.97 Å². The zero-order chi connectivity index (χ0) is 17.5. The second-order valence-electron chi connectivity index (χ2n) is 6.26. The topological polar surface area (TPSA) is 58.6 Å². The van der Waals surface area contributed by atoms with E-state index >= 15 is 0 Å². The van der Waals surface area contributed by atoms with E-state index in [9.17, 15) is 4.79 Å². The van der Waals surface area contributed by atoms with Crippen LogP contribution < -0.4 is 10.1 Å². The standard InChI is InChI=1S/C20H33NO3/c1-2-3-4-5-6-7-17-24-19-12-10-18(11-13-19)9-8-15-21-16-14-20(22)23/h10-13,21H,2-9,14-17H2,1H3,(H,22,23). The predicted octanol–water partition coefficient (Wildman–Crippen LogP) is 4.42. The van der Waals surface area contributed by atoms with Crippen molar-refractivity contribution in [2.24, 2.45) is 0 Å². The first-order valence-electron chi connectivity index (χ1n) is 9.36. The fourth-order valence-electron chi connectivity index (χ4n) is 2.56. The molecule has 0 fully saturated rings. The third kappa shape index (κ3) is 11.1. The van der Waals surface area contributed by atoms with Gasteiger partial charge in [-0.2, -0.15) is 0 Å². The average Bonchev–Trinajstić information content (AvgIpc) is 2.58. The van der Waals surface area contributed by atoms with Gasteiger partial charge in [0.2, 0.25) is 0 Å². The lowest BCUT2D eigenvalue weighted by atomic mass is 10.1. The lowest BCUT2D eigenvalue weighted by molar-refractivity contribution is -0.136. The van der Waals surface area contributed by atoms with Gasteiger partial charge in [0, 0.05) is 6.54 Å². The van der Waals surface area contributed by atoms with E-state index in [1.54, 1.807) is 0 Å². The Balaban J connectivity index is 2.05. The van der Waals surface area contributed by atoms with Crippen molar-refractivity contribution in [2.45, 2.75) is 64.7 Å². The first-order valence-corrected chi connectivity index (χ1v) is 9.36. The Labute approximate surface area is 146 Å². The first-order chi connectivity index (χ1) is 11.7. The maximum Gasteiger partial charge on any atom is 0.304 e. The minimum Gasteiger partial charge on any atom is -0.494 e. The van der Waals surface area contributed by atoms with Gasteiger partial charge in [0.25, 0.3) is 0 Å². The third-order valence-electron chi connectivity index (χ3n) is 4.02. The molecule has 0 atom stereocenters. The number of aryl methyl sites for hydroxylation is 1. The number of hydrogen-bond acceptors (Lipinski definition) is 3. The number of carboxylic acid groups (broad SMARTS) is 1. The molecule has 0 aliphatic heterocycles. The maximum atomic E-state index is 10.4. The molecule has 0 radical (unpaired) electrons. The van der Waals surface area contributed by atoms with Crippen LogP contribution in [0.1, 0.15) is 63.9 Å². The summed E-state index contributed by atoms with van der Waals surface area (Å²) >= 11 is 0. The summed E-state index contributed by atoms with van der Waals surface area (Å²) in [7, 11) is 0. The Hall–Kier alpha value is -1.55. The normalized spacial score (nSPS) is 10.7. The Morgan fingerprint density at radius 3 is 2.42 bits per heavy atom. The molecule has 0 amide bonds. The summed E-state index contributed by atoms with van der Waals surface area (Å²) < 4.78 is 5.78. The molecule has 2 N–H and O–H groups in total. The summed E-state index contributed by atoms with van der Waals surface area (Å²) in [5.41, 5.74) is 1.29. The van der Waals surface area contributed by atoms with Crippen LogP contribution in [0, 0.1) is 0 Å². The van der Waals surface area contributed by atoms with Crippen molar-refractivity contribution in [1.82, 2.24) is 5.32 Å². The molecule has 0 saturated carbocycles. The van der Waals surface area contributed by atoms with Crippen molar-refractivity contribution in [3.63, 3.8) is 0 Å². The lowest BCUT2D eigenvalue weighted by Gasteiger charge is -2.08. The SMILES string of the molecule is CCCCCCCCOc1ccc(CCCNCCC(=O)O)cc1. The van der Waals surface area contributed by atoms with Crippen molar-refractivity contribution in [2.75, 3.05) is 19.7 Å². The summed E-state index contributed by atoms with van der Waals surface area (Å²) in [6, 6.07) is 8.33. The summed E-state index contributed by atoms with van der Waals surface area (Å²) in [5, 5.41) is 11.7. The largest absolute Gasteiger partial charge is 0.494 e. The van der Waals surface area contributed by atoms with E-state index in [0.717, 1.165) is 38.2 Å². The molecule has 0 spiro atoms. The smallest absolute Gasteiger partial charge is 0.304 e. The monoisotopic (exact) mass is 335 g/mol. The molecule has 4 nitrogen and oxygen atoms in total. The zero-order valence-electron chi connectivity index (χ0n) is 15.1. The number of carboxylic acids is 1. The van der Waals surface area contributed by atoms with Crippen LogP contribution in [0.3, 0.4) is 0 Å². The van der Waals surface area contributed by atoms with Crippen LogP contribution in [0.2, 0.25) is 0 Å². The van der Waals surface area contributed by atoms with Gasteiger partial charge in [-0.1, -0.05) is 51.2 Å². The minimum atomic E-state index is -0.751. The zero-order valence-corrected chi connectivity index (χ0v) is 15.1. The highest BCUT2D eigenvalue weighted by Crippen LogP contribution is 2.14. The second-order valence-corrected chi connectivity index (χ2v) is 6.26. The summed E-state index contributed by atoms with van der Waals surface area (Å²) in [5.74, 6) is 0.200. The number of carbonyl (C=O) groups is 1. The molecule has 136 valence electrons. The van der Waals surface area contributed by atoms with Crippen LogP contribution in [0.5, 0.6) is 5.75 Å². The van der Waals surface area contributed by atoms with E-state index in [-0.39, 0.29) is 6.42 Å². The number of benzene rings is 1. The van der Waals surface area contributed by atoms with Crippen molar-refractivity contribution in [3.05, 3.63) is 29.8 Å². The lowest BCUT2D eigenvalue weighted by Crippen LogP contribution is -2.19. The number of nitrogens with one attached hydrogen (secondary N) is 1. The molecular weight excluding hydrogens is 302 g/mol. The van der Waals surface area contributed by atoms with Crippen LogP contribution in [0.4, 0.5) is 0 Å². The molecule has 1 aromatic carbocycles. The fourth-order valence-corrected chi connectivity index (χ4v) is 2.56. The second kappa shape index (κ2) is 13.8. The van der Waals surface area contributed by atoms with Gasteiger partial charge in [-0.15, -0.1) is 0 Å². The third-order valence-corrected chi connectivity index (χ3v) is 4.02. The molecule has 4 heteroatoms. The molecule has 0 saturated heterocycles. The number of ether oxygens (including phenoxy) is 1. The van der Waals surface area contributed by atoms with Crippen molar-refractivity contribution >= 4 is 5.97 Å². The first kappa shape index (κ1) is 20.5. The highest BCUT2D eigenvalue weighted by molar-refractivity contribution is 5.66. The molecule has 24 heavy (non-hydrogen) atoms. The number of unbranched alkanes of at least 4 members (excludes halogenated alkanes) is 5. The Morgan fingerprint density at radius 2 is 1.71 bits per heavy atom. The fraction of sp³-hybridized carbons (Fsp3) is 0.650. The van der Waals surface area contributed by atoms with Gasteiger partial charge in [0.1, 0.15) is 5.75 Å². The summed E-state index contributed by atoms with van der Waals surface area (Å²) in [6.07, 6.45) is 9.88. The number of hydrogen-bond donors (Lipinski definition) is 2. The molecule has 0 aromatic heterocycles. The summed E-state index contributed by atoms with van der Waals surface area (Å²) in [4.78, 5) is 10.4. The predicted molar refractivity (Wildman–Crippen MR) is 98.8 cm³/mol. The Morgan fingerprint density at radius 1 is 1.00 bits per heavy atom. The van der Waals surface area contributed by atoms with Gasteiger partial charge in [-0.05, 0) is 43.5 Å². The average molecular weight is 335 g/mol. The van der Waals surface area contributed by atoms with Crippen molar-refractivity contribution < 1.29 is 14.6 Å². The van der Waals surface area contributed by atoms with E-state index in [1.165, 1.54) is 37.7 Å². The molecule has 0 aliphatic carbocycles. The van der Waals surface area contributed by atoms with E-state index in [4.69, 9.17) is 9.84 Å². The van der Waals surface area contributed by atoms with Crippen LogP contribution >= 0.6 is 0 Å². The highest BCUT2D eigenvalue weighted by Gasteiger charge is 1.98. The molecule has 0 heterocycles. The molecule has 1 aromatic rings. The van der Waals surface area contributed by atoms with Gasteiger partial charge in [-0.25, -0.2) is 0 Å². The van der Waals surface area contributed by atoms with Crippen LogP contribution in [0.15, 0.2) is 24.3 Å². The maximum absolute atomic E-state index is 10.4. The Bertz CT molecular complexity index is 431. The van der Waals surface area contributed by atoms with Gasteiger partial charge in [-0.3, -0.25) is 4.79 Å². The quantitative estimate of drug-likeness (QED) is 0.466. The van der Waals surface area contributed by atoms with E-state index in [1.807, 2.05) is 12.1 Å². The van der Waals surface area contributed by atoms with Crippen LogP contribution in [-0.2, 0) is 11.2 Å². The van der Waals surface area contributed by atoms with Crippen molar-refractivity contribution in [1.29, 1.82) is 0 Å².